The second-order valence-electron chi connectivity index (χ2n) is 5.22. The van der Waals surface area contributed by atoms with Crippen LogP contribution in [0.15, 0.2) is 24.3 Å². The first kappa shape index (κ1) is 17.8. The van der Waals surface area contributed by atoms with E-state index in [1.54, 1.807) is 26.1 Å². The lowest BCUT2D eigenvalue weighted by molar-refractivity contribution is -0.130. The fourth-order valence-electron chi connectivity index (χ4n) is 1.97. The van der Waals surface area contributed by atoms with Crippen LogP contribution in [0.25, 0.3) is 0 Å². The zero-order valence-electron chi connectivity index (χ0n) is 13.8. The summed E-state index contributed by atoms with van der Waals surface area (Å²) >= 11 is 0. The van der Waals surface area contributed by atoms with Gasteiger partial charge in [0.1, 0.15) is 5.75 Å². The Morgan fingerprint density at radius 3 is 2.59 bits per heavy atom. The molecule has 1 aromatic rings. The Kier molecular flexibility index (Phi) is 7.22. The van der Waals surface area contributed by atoms with Crippen LogP contribution in [0.1, 0.15) is 18.9 Å². The van der Waals surface area contributed by atoms with E-state index in [1.165, 1.54) is 4.90 Å². The lowest BCUT2D eigenvalue weighted by Crippen LogP contribution is -2.43. The van der Waals surface area contributed by atoms with E-state index in [0.29, 0.717) is 13.1 Å². The Morgan fingerprint density at radius 1 is 1.27 bits per heavy atom. The van der Waals surface area contributed by atoms with Gasteiger partial charge in [-0.2, -0.15) is 0 Å². The SMILES string of the molecule is CCCN(Cc1cccc(OC)c1)C(=O)CNC(=O)N(C)C. The van der Waals surface area contributed by atoms with Gasteiger partial charge < -0.3 is 19.9 Å². The third-order valence-corrected chi connectivity index (χ3v) is 3.15. The number of carbonyl (C=O) groups excluding carboxylic acids is 2. The van der Waals surface area contributed by atoms with Crippen molar-refractivity contribution in [3.63, 3.8) is 0 Å². The van der Waals surface area contributed by atoms with Gasteiger partial charge in [-0.05, 0) is 24.1 Å². The van der Waals surface area contributed by atoms with Gasteiger partial charge in [0.05, 0.1) is 13.7 Å². The summed E-state index contributed by atoms with van der Waals surface area (Å²) in [7, 11) is 4.89. The number of carbonyl (C=O) groups is 2. The summed E-state index contributed by atoms with van der Waals surface area (Å²) in [4.78, 5) is 26.9. The molecule has 3 amide bonds. The summed E-state index contributed by atoms with van der Waals surface area (Å²) in [6, 6.07) is 7.36. The molecule has 0 aliphatic heterocycles. The van der Waals surface area contributed by atoms with Crippen molar-refractivity contribution in [1.82, 2.24) is 15.1 Å². The number of hydrogen-bond acceptors (Lipinski definition) is 3. The molecule has 0 fully saturated rings. The van der Waals surface area contributed by atoms with Crippen LogP contribution >= 0.6 is 0 Å². The van der Waals surface area contributed by atoms with E-state index in [-0.39, 0.29) is 18.5 Å². The highest BCUT2D eigenvalue weighted by atomic mass is 16.5. The quantitative estimate of drug-likeness (QED) is 0.834. The molecule has 0 radical (unpaired) electrons. The zero-order valence-corrected chi connectivity index (χ0v) is 13.8. The van der Waals surface area contributed by atoms with Gasteiger partial charge in [-0.15, -0.1) is 0 Å². The van der Waals surface area contributed by atoms with Crippen LogP contribution in [0.4, 0.5) is 4.79 Å². The van der Waals surface area contributed by atoms with Crippen LogP contribution in [0.5, 0.6) is 5.75 Å². The standard InChI is InChI=1S/C16H25N3O3/c1-5-9-19(15(20)11-17-16(21)18(2)3)12-13-7-6-8-14(10-13)22-4/h6-8,10H,5,9,11-12H2,1-4H3,(H,17,21). The zero-order chi connectivity index (χ0) is 16.5. The van der Waals surface area contributed by atoms with Crippen molar-refractivity contribution in [2.24, 2.45) is 0 Å². The van der Waals surface area contributed by atoms with E-state index in [2.05, 4.69) is 5.32 Å². The number of rotatable bonds is 7. The molecule has 0 aromatic heterocycles. The maximum absolute atomic E-state index is 12.3. The fraction of sp³-hybridized carbons (Fsp3) is 0.500. The second-order valence-corrected chi connectivity index (χ2v) is 5.22. The van der Waals surface area contributed by atoms with Crippen molar-refractivity contribution < 1.29 is 14.3 Å². The van der Waals surface area contributed by atoms with E-state index in [4.69, 9.17) is 4.74 Å². The fourth-order valence-corrected chi connectivity index (χ4v) is 1.97. The summed E-state index contributed by atoms with van der Waals surface area (Å²) in [5.74, 6) is 0.669. The van der Waals surface area contributed by atoms with Gasteiger partial charge in [0.15, 0.2) is 0 Å². The summed E-state index contributed by atoms with van der Waals surface area (Å²) in [5, 5.41) is 2.60. The molecule has 1 rings (SSSR count). The van der Waals surface area contributed by atoms with Gasteiger partial charge in [0, 0.05) is 27.2 Å². The smallest absolute Gasteiger partial charge is 0.317 e. The van der Waals surface area contributed by atoms with Crippen molar-refractivity contribution >= 4 is 11.9 Å². The Bertz CT molecular complexity index is 503. The molecule has 0 saturated carbocycles. The van der Waals surface area contributed by atoms with E-state index in [0.717, 1.165) is 17.7 Å². The third-order valence-electron chi connectivity index (χ3n) is 3.15. The second kappa shape index (κ2) is 8.92. The van der Waals surface area contributed by atoms with Crippen LogP contribution in [-0.4, -0.2) is 56.0 Å². The largest absolute Gasteiger partial charge is 0.497 e. The normalized spacial score (nSPS) is 10.0. The number of amides is 3. The van der Waals surface area contributed by atoms with E-state index < -0.39 is 0 Å². The van der Waals surface area contributed by atoms with Crippen LogP contribution in [0.2, 0.25) is 0 Å². The van der Waals surface area contributed by atoms with E-state index in [9.17, 15) is 9.59 Å². The molecular weight excluding hydrogens is 282 g/mol. The maximum Gasteiger partial charge on any atom is 0.317 e. The number of nitrogens with zero attached hydrogens (tertiary/aromatic N) is 2. The summed E-state index contributed by atoms with van der Waals surface area (Å²) in [6.45, 7) is 3.17. The van der Waals surface area contributed by atoms with E-state index in [1.807, 2.05) is 31.2 Å². The monoisotopic (exact) mass is 307 g/mol. The van der Waals surface area contributed by atoms with Gasteiger partial charge in [-0.25, -0.2) is 4.79 Å². The van der Waals surface area contributed by atoms with Crippen molar-refractivity contribution in [3.8, 4) is 5.75 Å². The van der Waals surface area contributed by atoms with Crippen molar-refractivity contribution in [1.29, 1.82) is 0 Å². The molecule has 0 aliphatic carbocycles. The molecule has 0 atom stereocenters. The van der Waals surface area contributed by atoms with Crippen molar-refractivity contribution in [2.75, 3.05) is 34.3 Å². The molecule has 6 nitrogen and oxygen atoms in total. The molecule has 0 heterocycles. The molecular formula is C16H25N3O3. The molecule has 22 heavy (non-hydrogen) atoms. The molecule has 1 N–H and O–H groups in total. The average molecular weight is 307 g/mol. The van der Waals surface area contributed by atoms with Crippen LogP contribution in [0, 0.1) is 0 Å². The summed E-state index contributed by atoms with van der Waals surface area (Å²) < 4.78 is 5.20. The first-order chi connectivity index (χ1) is 10.5. The van der Waals surface area contributed by atoms with Gasteiger partial charge >= 0.3 is 6.03 Å². The number of hydrogen-bond donors (Lipinski definition) is 1. The third kappa shape index (κ3) is 5.63. The minimum absolute atomic E-state index is 0.000974. The summed E-state index contributed by atoms with van der Waals surface area (Å²) in [5.41, 5.74) is 1.00. The topological polar surface area (TPSA) is 61.9 Å². The number of benzene rings is 1. The molecule has 0 saturated heterocycles. The Hall–Kier alpha value is -2.24. The van der Waals surface area contributed by atoms with E-state index >= 15 is 0 Å². The predicted molar refractivity (Wildman–Crippen MR) is 85.8 cm³/mol. The lowest BCUT2D eigenvalue weighted by Gasteiger charge is -2.23. The minimum Gasteiger partial charge on any atom is -0.497 e. The average Bonchev–Trinajstić information content (AvgIpc) is 2.51. The van der Waals surface area contributed by atoms with Crippen LogP contribution in [0.3, 0.4) is 0 Å². The molecule has 122 valence electrons. The highest BCUT2D eigenvalue weighted by Gasteiger charge is 2.15. The molecule has 0 aliphatic rings. The number of methoxy groups -OCH3 is 1. The minimum atomic E-state index is -0.272. The van der Waals surface area contributed by atoms with Crippen LogP contribution < -0.4 is 10.1 Å². The molecule has 6 heteroatoms. The Balaban J connectivity index is 2.67. The maximum atomic E-state index is 12.3. The highest BCUT2D eigenvalue weighted by Crippen LogP contribution is 2.14. The van der Waals surface area contributed by atoms with Gasteiger partial charge in [-0.1, -0.05) is 19.1 Å². The first-order valence-corrected chi connectivity index (χ1v) is 7.33. The van der Waals surface area contributed by atoms with Crippen molar-refractivity contribution in [2.45, 2.75) is 19.9 Å². The number of ether oxygens (including phenoxy) is 1. The molecule has 1 aromatic carbocycles. The predicted octanol–water partition coefficient (Wildman–Crippen LogP) is 1.71. The Morgan fingerprint density at radius 2 is 2.00 bits per heavy atom. The van der Waals surface area contributed by atoms with Crippen molar-refractivity contribution in [3.05, 3.63) is 29.8 Å². The number of nitrogens with one attached hydrogen (secondary N) is 1. The molecule has 0 unspecified atom stereocenters. The molecule has 0 bridgehead atoms. The highest BCUT2D eigenvalue weighted by molar-refractivity contribution is 5.83. The number of urea groups is 1. The Labute approximate surface area is 132 Å². The lowest BCUT2D eigenvalue weighted by atomic mass is 10.2. The van der Waals surface area contributed by atoms with Crippen LogP contribution in [-0.2, 0) is 11.3 Å². The van der Waals surface area contributed by atoms with Gasteiger partial charge in [-0.3, -0.25) is 4.79 Å². The van der Waals surface area contributed by atoms with Gasteiger partial charge in [0.2, 0.25) is 5.91 Å². The summed E-state index contributed by atoms with van der Waals surface area (Å²) in [6.07, 6.45) is 0.858. The first-order valence-electron chi connectivity index (χ1n) is 7.33. The molecule has 0 spiro atoms. The van der Waals surface area contributed by atoms with Gasteiger partial charge in [0.25, 0.3) is 0 Å².